The van der Waals surface area contributed by atoms with Gasteiger partial charge in [-0.25, -0.2) is 0 Å². The third-order valence-corrected chi connectivity index (χ3v) is 5.99. The number of ether oxygens (including phenoxy) is 2. The van der Waals surface area contributed by atoms with Crippen molar-refractivity contribution in [3.8, 4) is 5.75 Å². The Morgan fingerprint density at radius 2 is 1.87 bits per heavy atom. The van der Waals surface area contributed by atoms with Gasteiger partial charge in [-0.15, -0.1) is 0 Å². The minimum atomic E-state index is -0.668. The topological polar surface area (TPSA) is 94.5 Å². The monoisotopic (exact) mass is 435 g/mol. The van der Waals surface area contributed by atoms with Crippen molar-refractivity contribution in [1.29, 1.82) is 0 Å². The zero-order valence-electron chi connectivity index (χ0n) is 18.6. The number of hydrogen-bond donors (Lipinski definition) is 3. The van der Waals surface area contributed by atoms with E-state index in [0.29, 0.717) is 32.9 Å². The molecule has 0 aliphatic carbocycles. The number of rotatable bonds is 11. The second-order valence-corrected chi connectivity index (χ2v) is 8.76. The number of nitrogens with one attached hydrogen (secondary N) is 1. The first-order valence-electron chi connectivity index (χ1n) is 11.3. The van der Waals surface area contributed by atoms with Crippen molar-refractivity contribution in [2.45, 2.75) is 44.4 Å². The average Bonchev–Trinajstić information content (AvgIpc) is 3.10. The molecule has 1 amide bonds. The number of benzene rings is 1. The lowest BCUT2D eigenvalue weighted by Gasteiger charge is -2.36. The molecule has 3 rings (SSSR count). The van der Waals surface area contributed by atoms with Gasteiger partial charge in [0.1, 0.15) is 12.4 Å². The molecule has 2 saturated heterocycles. The number of β-amino-alcohol motifs (C(OH)–C–C–N with tert-alkyl or cyclic N) is 1. The molecule has 0 radical (unpaired) electrons. The molecular weight excluding hydrogens is 398 g/mol. The van der Waals surface area contributed by atoms with E-state index in [1.54, 1.807) is 6.92 Å². The number of amides is 1. The maximum atomic E-state index is 11.2. The summed E-state index contributed by atoms with van der Waals surface area (Å²) in [4.78, 5) is 15.9. The highest BCUT2D eigenvalue weighted by Gasteiger charge is 2.38. The highest BCUT2D eigenvalue weighted by Crippen LogP contribution is 2.26. The van der Waals surface area contributed by atoms with Crippen LogP contribution in [0.2, 0.25) is 0 Å². The van der Waals surface area contributed by atoms with Crippen LogP contribution in [-0.4, -0.2) is 96.7 Å². The van der Waals surface area contributed by atoms with E-state index >= 15 is 0 Å². The van der Waals surface area contributed by atoms with Crippen LogP contribution in [0, 0.1) is 0 Å². The summed E-state index contributed by atoms with van der Waals surface area (Å²) >= 11 is 0. The lowest BCUT2D eigenvalue weighted by atomic mass is 9.99. The van der Waals surface area contributed by atoms with Gasteiger partial charge in [0.2, 0.25) is 5.91 Å². The van der Waals surface area contributed by atoms with Gasteiger partial charge in [0, 0.05) is 52.2 Å². The molecule has 1 atom stereocenters. The molecule has 31 heavy (non-hydrogen) atoms. The molecule has 3 N–H and O–H groups in total. The fraction of sp³-hybridized carbons (Fsp3) is 0.696. The third kappa shape index (κ3) is 8.05. The first-order valence-corrected chi connectivity index (χ1v) is 11.3. The van der Waals surface area contributed by atoms with Gasteiger partial charge >= 0.3 is 0 Å². The number of nitrogens with zero attached hydrogens (tertiary/aromatic N) is 2. The summed E-state index contributed by atoms with van der Waals surface area (Å²) in [5, 5.41) is 22.8. The van der Waals surface area contributed by atoms with Gasteiger partial charge in [-0.05, 0) is 37.0 Å². The van der Waals surface area contributed by atoms with Gasteiger partial charge in [-0.2, -0.15) is 0 Å². The Hall–Kier alpha value is -1.71. The summed E-state index contributed by atoms with van der Waals surface area (Å²) in [6, 6.07) is 8.32. The van der Waals surface area contributed by atoms with E-state index in [9.17, 15) is 9.90 Å². The van der Waals surface area contributed by atoms with Crippen molar-refractivity contribution in [2.75, 3.05) is 59.2 Å². The molecular formula is C23H37N3O5. The van der Waals surface area contributed by atoms with Gasteiger partial charge in [-0.1, -0.05) is 12.1 Å². The molecule has 8 heteroatoms. The Bertz CT molecular complexity index is 678. The van der Waals surface area contributed by atoms with Crippen LogP contribution in [0.25, 0.3) is 0 Å². The smallest absolute Gasteiger partial charge is 0.217 e. The van der Waals surface area contributed by atoms with Crippen molar-refractivity contribution in [1.82, 2.24) is 15.1 Å². The molecule has 1 aromatic rings. The highest BCUT2D eigenvalue weighted by molar-refractivity contribution is 5.73. The number of carbonyl (C=O) groups excluding carboxylic acids is 1. The van der Waals surface area contributed by atoms with E-state index in [1.807, 2.05) is 12.1 Å². The van der Waals surface area contributed by atoms with Gasteiger partial charge in [0.05, 0.1) is 25.4 Å². The van der Waals surface area contributed by atoms with Gasteiger partial charge < -0.3 is 29.9 Å². The number of aliphatic hydroxyl groups is 2. The van der Waals surface area contributed by atoms with Crippen molar-refractivity contribution < 1.29 is 24.5 Å². The molecule has 0 aromatic heterocycles. The van der Waals surface area contributed by atoms with Crippen LogP contribution in [-0.2, 0) is 16.1 Å². The Kier molecular flexibility index (Phi) is 9.10. The molecule has 8 nitrogen and oxygen atoms in total. The van der Waals surface area contributed by atoms with Gasteiger partial charge in [-0.3, -0.25) is 9.69 Å². The minimum Gasteiger partial charge on any atom is -0.491 e. The van der Waals surface area contributed by atoms with E-state index in [0.717, 1.165) is 51.2 Å². The Balaban J connectivity index is 1.38. The maximum Gasteiger partial charge on any atom is 0.217 e. The van der Waals surface area contributed by atoms with Crippen LogP contribution < -0.4 is 10.1 Å². The van der Waals surface area contributed by atoms with Crippen LogP contribution in [0.4, 0.5) is 0 Å². The first kappa shape index (κ1) is 23.9. The van der Waals surface area contributed by atoms with Gasteiger partial charge in [0.25, 0.3) is 0 Å². The molecule has 0 bridgehead atoms. The zero-order valence-corrected chi connectivity index (χ0v) is 18.6. The quantitative estimate of drug-likeness (QED) is 0.439. The second-order valence-electron chi connectivity index (χ2n) is 8.76. The molecule has 1 aromatic carbocycles. The van der Waals surface area contributed by atoms with E-state index in [-0.39, 0.29) is 18.6 Å². The first-order chi connectivity index (χ1) is 15.0. The molecule has 2 fully saturated rings. The van der Waals surface area contributed by atoms with Crippen LogP contribution in [0.15, 0.2) is 24.3 Å². The summed E-state index contributed by atoms with van der Waals surface area (Å²) in [6.07, 6.45) is 2.68. The molecule has 174 valence electrons. The van der Waals surface area contributed by atoms with E-state index in [2.05, 4.69) is 27.2 Å². The molecule has 1 unspecified atom stereocenters. The van der Waals surface area contributed by atoms with E-state index in [4.69, 9.17) is 14.6 Å². The van der Waals surface area contributed by atoms with Crippen LogP contribution >= 0.6 is 0 Å². The van der Waals surface area contributed by atoms with E-state index < -0.39 is 5.60 Å². The Morgan fingerprint density at radius 1 is 1.13 bits per heavy atom. The summed E-state index contributed by atoms with van der Waals surface area (Å²) in [6.45, 7) is 7.75. The Labute approximate surface area is 185 Å². The average molecular weight is 436 g/mol. The predicted molar refractivity (Wildman–Crippen MR) is 118 cm³/mol. The molecule has 0 saturated carbocycles. The van der Waals surface area contributed by atoms with Crippen molar-refractivity contribution in [3.05, 3.63) is 29.8 Å². The molecule has 2 aliphatic rings. The predicted octanol–water partition coefficient (Wildman–Crippen LogP) is 0.612. The van der Waals surface area contributed by atoms with Crippen LogP contribution in [0.3, 0.4) is 0 Å². The van der Waals surface area contributed by atoms with E-state index in [1.165, 1.54) is 5.56 Å². The fourth-order valence-electron chi connectivity index (χ4n) is 4.48. The standard InChI is InChI=1S/C23H37N3O5/c1-19(28)24-21-6-9-25(10-7-21)17-23(29)8-11-26(18-23)16-20-2-4-22(5-3-20)31-15-14-30-13-12-27/h2-5,21,27,29H,6-18H2,1H3,(H,24,28). The normalized spacial score (nSPS) is 23.2. The van der Waals surface area contributed by atoms with Crippen LogP contribution in [0.1, 0.15) is 31.7 Å². The number of hydrogen-bond acceptors (Lipinski definition) is 7. The molecule has 0 spiro atoms. The van der Waals surface area contributed by atoms with Crippen molar-refractivity contribution in [3.63, 3.8) is 0 Å². The number of likely N-dealkylation sites (tertiary alicyclic amines) is 2. The minimum absolute atomic E-state index is 0.0252. The summed E-state index contributed by atoms with van der Waals surface area (Å²) in [7, 11) is 0. The molecule has 2 aliphatic heterocycles. The maximum absolute atomic E-state index is 11.2. The third-order valence-electron chi connectivity index (χ3n) is 5.99. The summed E-state index contributed by atoms with van der Waals surface area (Å²) in [5.41, 5.74) is 0.530. The van der Waals surface area contributed by atoms with Crippen molar-refractivity contribution in [2.24, 2.45) is 0 Å². The highest BCUT2D eigenvalue weighted by atomic mass is 16.5. The number of carbonyl (C=O) groups is 1. The Morgan fingerprint density at radius 3 is 2.55 bits per heavy atom. The van der Waals surface area contributed by atoms with Crippen LogP contribution in [0.5, 0.6) is 5.75 Å². The van der Waals surface area contributed by atoms with Crippen molar-refractivity contribution >= 4 is 5.91 Å². The lowest BCUT2D eigenvalue weighted by molar-refractivity contribution is -0.120. The number of aliphatic hydroxyl groups excluding tert-OH is 1. The fourth-order valence-corrected chi connectivity index (χ4v) is 4.48. The summed E-state index contributed by atoms with van der Waals surface area (Å²) in [5.74, 6) is 0.840. The largest absolute Gasteiger partial charge is 0.491 e. The number of piperidine rings is 1. The SMILES string of the molecule is CC(=O)NC1CCN(CC2(O)CCN(Cc3ccc(OCCOCCO)cc3)C2)CC1. The summed E-state index contributed by atoms with van der Waals surface area (Å²) < 4.78 is 10.8. The molecule has 2 heterocycles. The zero-order chi connectivity index (χ0) is 22.1. The van der Waals surface area contributed by atoms with Gasteiger partial charge in [0.15, 0.2) is 0 Å². The lowest BCUT2D eigenvalue weighted by Crippen LogP contribution is -2.50. The second kappa shape index (κ2) is 11.8.